The van der Waals surface area contributed by atoms with Crippen LogP contribution in [-0.4, -0.2) is 34.6 Å². The van der Waals surface area contributed by atoms with Gasteiger partial charge in [-0.05, 0) is 57.1 Å². The number of aliphatic imine (C=N–C) groups is 1. The minimum Gasteiger partial charge on any atom is -0.459 e. The summed E-state index contributed by atoms with van der Waals surface area (Å²) < 4.78 is 5.61. The van der Waals surface area contributed by atoms with E-state index in [-0.39, 0.29) is 24.4 Å². The maximum absolute atomic E-state index is 13.2. The van der Waals surface area contributed by atoms with E-state index in [0.29, 0.717) is 23.7 Å². The van der Waals surface area contributed by atoms with Crippen molar-refractivity contribution < 1.29 is 14.3 Å². The minimum atomic E-state index is -0.396. The molecule has 32 heavy (non-hydrogen) atoms. The van der Waals surface area contributed by atoms with Crippen LogP contribution >= 0.6 is 11.8 Å². The molecule has 6 nitrogen and oxygen atoms in total. The maximum Gasteiger partial charge on any atom is 0.338 e. The number of esters is 1. The number of hydrogen-bond acceptors (Lipinski definition) is 6. The van der Waals surface area contributed by atoms with E-state index in [4.69, 9.17) is 9.73 Å². The molecule has 1 atom stereocenters. The number of allylic oxidation sites excluding steroid dienone is 1. The van der Waals surface area contributed by atoms with Gasteiger partial charge in [-0.2, -0.15) is 0 Å². The van der Waals surface area contributed by atoms with E-state index in [1.807, 2.05) is 44.9 Å². The minimum absolute atomic E-state index is 0.0379. The molecule has 1 N–H and O–H groups in total. The van der Waals surface area contributed by atoms with E-state index in [2.05, 4.69) is 37.4 Å². The van der Waals surface area contributed by atoms with E-state index in [1.54, 1.807) is 0 Å². The summed E-state index contributed by atoms with van der Waals surface area (Å²) in [5.74, 6) is -0.0283. The van der Waals surface area contributed by atoms with Crippen molar-refractivity contribution in [1.82, 2.24) is 10.2 Å². The number of nitrogens with one attached hydrogen (secondary N) is 1. The Bertz CT molecular complexity index is 1010. The summed E-state index contributed by atoms with van der Waals surface area (Å²) in [7, 11) is 0. The van der Waals surface area contributed by atoms with E-state index < -0.39 is 6.04 Å². The SMILES string of the molecule is CC1=C(C(=O)OC(C)C)C(c2cc(C)ccc2C)N2C(CC(=O)NCC(C)C)=CSC2=N1. The first kappa shape index (κ1) is 24.1. The van der Waals surface area contributed by atoms with E-state index in [0.717, 1.165) is 27.6 Å². The van der Waals surface area contributed by atoms with Crippen molar-refractivity contribution in [3.63, 3.8) is 0 Å². The second-order valence-electron chi connectivity index (χ2n) is 9.08. The van der Waals surface area contributed by atoms with Crippen LogP contribution < -0.4 is 5.32 Å². The Kier molecular flexibility index (Phi) is 7.49. The fraction of sp³-hybridized carbons (Fsp3) is 0.480. The van der Waals surface area contributed by atoms with Gasteiger partial charge in [-0.15, -0.1) is 0 Å². The average Bonchev–Trinajstić information content (AvgIpc) is 3.08. The molecule has 1 aromatic rings. The lowest BCUT2D eigenvalue weighted by Gasteiger charge is -2.37. The fourth-order valence-electron chi connectivity index (χ4n) is 3.80. The molecule has 0 radical (unpaired) electrons. The predicted molar refractivity (Wildman–Crippen MR) is 130 cm³/mol. The first-order chi connectivity index (χ1) is 15.1. The molecule has 2 aliphatic rings. The third-order valence-corrected chi connectivity index (χ3v) is 6.23. The quantitative estimate of drug-likeness (QED) is 0.587. The molecule has 1 unspecified atom stereocenters. The number of benzene rings is 1. The summed E-state index contributed by atoms with van der Waals surface area (Å²) >= 11 is 1.49. The fourth-order valence-corrected chi connectivity index (χ4v) is 4.77. The van der Waals surface area contributed by atoms with Gasteiger partial charge in [-0.1, -0.05) is 49.4 Å². The van der Waals surface area contributed by atoms with Gasteiger partial charge in [0, 0.05) is 12.2 Å². The van der Waals surface area contributed by atoms with Crippen molar-refractivity contribution in [1.29, 1.82) is 0 Å². The molecular formula is C25H33N3O3S. The lowest BCUT2D eigenvalue weighted by atomic mass is 9.90. The van der Waals surface area contributed by atoms with Crippen LogP contribution in [0, 0.1) is 19.8 Å². The highest BCUT2D eigenvalue weighted by Crippen LogP contribution is 2.45. The van der Waals surface area contributed by atoms with Gasteiger partial charge in [0.15, 0.2) is 5.17 Å². The molecular weight excluding hydrogens is 422 g/mol. The van der Waals surface area contributed by atoms with Gasteiger partial charge in [-0.3, -0.25) is 4.79 Å². The molecule has 3 rings (SSSR count). The maximum atomic E-state index is 13.2. The molecule has 7 heteroatoms. The number of carbonyl (C=O) groups excluding carboxylic acids is 2. The van der Waals surface area contributed by atoms with Crippen molar-refractivity contribution in [2.75, 3.05) is 6.54 Å². The van der Waals surface area contributed by atoms with Gasteiger partial charge in [0.1, 0.15) is 0 Å². The smallest absolute Gasteiger partial charge is 0.338 e. The molecule has 1 amide bonds. The number of ether oxygens (including phenoxy) is 1. The summed E-state index contributed by atoms with van der Waals surface area (Å²) in [5, 5.41) is 5.74. The number of amidine groups is 1. The number of thioether (sulfide) groups is 1. The van der Waals surface area contributed by atoms with Crippen LogP contribution in [0.25, 0.3) is 0 Å². The highest BCUT2D eigenvalue weighted by molar-refractivity contribution is 8.16. The van der Waals surface area contributed by atoms with Crippen LogP contribution in [0.4, 0.5) is 0 Å². The molecule has 1 aromatic carbocycles. The zero-order valence-corrected chi connectivity index (χ0v) is 20.8. The number of nitrogens with zero attached hydrogens (tertiary/aromatic N) is 2. The Hall–Kier alpha value is -2.54. The Balaban J connectivity index is 2.04. The first-order valence-corrected chi connectivity index (χ1v) is 12.0. The second kappa shape index (κ2) is 9.94. The molecule has 0 saturated heterocycles. The third-order valence-electron chi connectivity index (χ3n) is 5.34. The van der Waals surface area contributed by atoms with E-state index in [1.165, 1.54) is 11.8 Å². The molecule has 172 valence electrons. The molecule has 2 heterocycles. The molecule has 0 aromatic heterocycles. The number of carbonyl (C=O) groups is 2. The number of aryl methyl sites for hydroxylation is 2. The monoisotopic (exact) mass is 455 g/mol. The Morgan fingerprint density at radius 1 is 1.19 bits per heavy atom. The topological polar surface area (TPSA) is 71.0 Å². The highest BCUT2D eigenvalue weighted by Gasteiger charge is 2.41. The normalized spacial score (nSPS) is 18.0. The van der Waals surface area contributed by atoms with Crippen LogP contribution in [0.3, 0.4) is 0 Å². The molecule has 0 bridgehead atoms. The zero-order chi connectivity index (χ0) is 23.6. The Labute approximate surface area is 195 Å². The van der Waals surface area contributed by atoms with Crippen molar-refractivity contribution in [3.05, 3.63) is 57.3 Å². The van der Waals surface area contributed by atoms with Gasteiger partial charge in [0.05, 0.1) is 29.8 Å². The summed E-state index contributed by atoms with van der Waals surface area (Å²) in [6.07, 6.45) is -0.0109. The lowest BCUT2D eigenvalue weighted by molar-refractivity contribution is -0.143. The zero-order valence-electron chi connectivity index (χ0n) is 20.0. The van der Waals surface area contributed by atoms with Gasteiger partial charge >= 0.3 is 5.97 Å². The van der Waals surface area contributed by atoms with E-state index >= 15 is 0 Å². The Morgan fingerprint density at radius 3 is 2.56 bits per heavy atom. The van der Waals surface area contributed by atoms with E-state index in [9.17, 15) is 9.59 Å². The number of rotatable bonds is 7. The second-order valence-corrected chi connectivity index (χ2v) is 9.92. The predicted octanol–water partition coefficient (Wildman–Crippen LogP) is 4.99. The standard InChI is InChI=1S/C25H33N3O3S/c1-14(2)12-26-21(29)11-19-13-32-25-27-18(7)22(24(30)31-15(3)4)23(28(19)25)20-10-16(5)8-9-17(20)6/h8-10,13-15,23H,11-12H2,1-7H3,(H,26,29). The largest absolute Gasteiger partial charge is 0.459 e. The van der Waals surface area contributed by atoms with Crippen molar-refractivity contribution >= 4 is 28.8 Å². The van der Waals surface area contributed by atoms with Crippen molar-refractivity contribution in [2.24, 2.45) is 10.9 Å². The molecule has 2 aliphatic heterocycles. The molecule has 0 aliphatic carbocycles. The summed E-state index contributed by atoms with van der Waals surface area (Å²) in [5.41, 5.74) is 5.21. The molecule has 0 fully saturated rings. The Morgan fingerprint density at radius 2 is 1.91 bits per heavy atom. The van der Waals surface area contributed by atoms with Crippen LogP contribution in [0.15, 0.2) is 45.6 Å². The third kappa shape index (κ3) is 5.26. The molecule has 0 spiro atoms. The van der Waals surface area contributed by atoms with Crippen LogP contribution in [0.2, 0.25) is 0 Å². The average molecular weight is 456 g/mol. The first-order valence-electron chi connectivity index (χ1n) is 11.1. The number of hydrogen-bond donors (Lipinski definition) is 1. The van der Waals surface area contributed by atoms with Crippen LogP contribution in [-0.2, 0) is 14.3 Å². The number of fused-ring (bicyclic) bond motifs is 1. The summed E-state index contributed by atoms with van der Waals surface area (Å²) in [4.78, 5) is 32.6. The van der Waals surface area contributed by atoms with Crippen molar-refractivity contribution in [2.45, 2.75) is 67.0 Å². The summed E-state index contributed by atoms with van der Waals surface area (Å²) in [6.45, 7) is 14.4. The highest BCUT2D eigenvalue weighted by atomic mass is 32.2. The van der Waals surface area contributed by atoms with Gasteiger partial charge in [0.25, 0.3) is 0 Å². The summed E-state index contributed by atoms with van der Waals surface area (Å²) in [6, 6.07) is 5.85. The van der Waals surface area contributed by atoms with Gasteiger partial charge < -0.3 is 15.0 Å². The van der Waals surface area contributed by atoms with Crippen LogP contribution in [0.1, 0.15) is 63.8 Å². The van der Waals surface area contributed by atoms with Gasteiger partial charge in [0.2, 0.25) is 5.91 Å². The number of amides is 1. The molecule has 0 saturated carbocycles. The van der Waals surface area contributed by atoms with Crippen LogP contribution in [0.5, 0.6) is 0 Å². The van der Waals surface area contributed by atoms with Crippen molar-refractivity contribution in [3.8, 4) is 0 Å². The lowest BCUT2D eigenvalue weighted by Crippen LogP contribution is -2.39. The van der Waals surface area contributed by atoms with Gasteiger partial charge in [-0.25, -0.2) is 9.79 Å².